The van der Waals surface area contributed by atoms with Crippen LogP contribution < -0.4 is 10.6 Å². The number of carbonyl (C=O) groups is 4. The number of benzene rings is 4. The normalized spacial score (nSPS) is 16.3. The van der Waals surface area contributed by atoms with E-state index in [1.165, 1.54) is 5.56 Å². The number of nitrogens with one attached hydrogen (secondary N) is 2. The summed E-state index contributed by atoms with van der Waals surface area (Å²) in [5, 5.41) is 8.11. The molecule has 3 aliphatic rings. The number of halogens is 4. The maximum absolute atomic E-state index is 13.4. The van der Waals surface area contributed by atoms with Crippen LogP contribution in [0.4, 0.5) is 0 Å². The molecule has 2 N–H and O–H groups in total. The van der Waals surface area contributed by atoms with Gasteiger partial charge in [0.05, 0.1) is 79.3 Å². The van der Waals surface area contributed by atoms with Gasteiger partial charge in [-0.3, -0.25) is 19.2 Å². The highest BCUT2D eigenvalue weighted by atomic mass is 35.5. The zero-order chi connectivity index (χ0) is 54.7. The van der Waals surface area contributed by atoms with Crippen molar-refractivity contribution >= 4 is 70.5 Å². The average molecular weight is 1140 g/mol. The van der Waals surface area contributed by atoms with E-state index in [-0.39, 0.29) is 42.4 Å². The number of fused-ring (bicyclic) bond motifs is 3. The van der Waals surface area contributed by atoms with Crippen molar-refractivity contribution in [3.05, 3.63) is 136 Å². The lowest BCUT2D eigenvalue weighted by atomic mass is 9.83. The minimum Gasteiger partial charge on any atom is -0.377 e. The fraction of sp³-hybridized carbons (Fsp3) is 0.509. The van der Waals surface area contributed by atoms with Gasteiger partial charge in [-0.15, -0.1) is 0 Å². The Morgan fingerprint density at radius 2 is 1.10 bits per heavy atom. The summed E-state index contributed by atoms with van der Waals surface area (Å²) in [5.41, 5.74) is 10.6. The van der Waals surface area contributed by atoms with Crippen molar-refractivity contribution in [2.75, 3.05) is 133 Å². The number of ether oxygens (including phenoxy) is 6. The number of aryl methyl sites for hydroxylation is 1. The molecular weight excluding hydrogens is 1070 g/mol. The molecule has 20 heteroatoms. The molecule has 77 heavy (non-hydrogen) atoms. The molecule has 2 atom stereocenters. The molecule has 0 radical (unpaired) electrons. The maximum atomic E-state index is 13.4. The van der Waals surface area contributed by atoms with Gasteiger partial charge in [-0.05, 0) is 101 Å². The fourth-order valence-corrected chi connectivity index (χ4v) is 11.0. The first-order valence-corrected chi connectivity index (χ1v) is 27.8. The molecule has 0 aromatic heterocycles. The molecule has 3 heterocycles. The van der Waals surface area contributed by atoms with Crippen LogP contribution in [0.15, 0.2) is 60.7 Å². The second kappa shape index (κ2) is 30.8. The van der Waals surface area contributed by atoms with E-state index in [0.29, 0.717) is 139 Å². The van der Waals surface area contributed by atoms with E-state index in [1.54, 1.807) is 17.0 Å². The molecular formula is C57H72Cl4N6O10. The van der Waals surface area contributed by atoms with Gasteiger partial charge < -0.3 is 58.7 Å². The summed E-state index contributed by atoms with van der Waals surface area (Å²) >= 11 is 25.9. The Hall–Kier alpha value is -4.40. The van der Waals surface area contributed by atoms with Gasteiger partial charge in [-0.25, -0.2) is 0 Å². The summed E-state index contributed by atoms with van der Waals surface area (Å²) in [6.45, 7) is 12.2. The van der Waals surface area contributed by atoms with Gasteiger partial charge >= 0.3 is 0 Å². The van der Waals surface area contributed by atoms with E-state index in [1.807, 2.05) is 23.1 Å². The highest BCUT2D eigenvalue weighted by molar-refractivity contribution is 6.35. The van der Waals surface area contributed by atoms with E-state index in [2.05, 4.69) is 71.8 Å². The highest BCUT2D eigenvalue weighted by Gasteiger charge is 2.32. The molecule has 0 saturated carbocycles. The molecule has 0 spiro atoms. The Balaban J connectivity index is 0.623. The molecule has 0 fully saturated rings. The van der Waals surface area contributed by atoms with Crippen LogP contribution in [0.5, 0.6) is 0 Å². The van der Waals surface area contributed by atoms with Crippen molar-refractivity contribution in [3.8, 4) is 0 Å². The van der Waals surface area contributed by atoms with Crippen LogP contribution in [0.2, 0.25) is 20.1 Å². The van der Waals surface area contributed by atoms with Crippen LogP contribution in [0.1, 0.15) is 85.1 Å². The van der Waals surface area contributed by atoms with Crippen LogP contribution in [-0.2, 0) is 69.0 Å². The van der Waals surface area contributed by atoms with Crippen molar-refractivity contribution in [2.24, 2.45) is 0 Å². The number of likely N-dealkylation sites (N-methyl/N-ethyl adjacent to an activating group) is 2. The minimum atomic E-state index is -0.237. The van der Waals surface area contributed by atoms with Crippen molar-refractivity contribution in [1.29, 1.82) is 0 Å². The van der Waals surface area contributed by atoms with Gasteiger partial charge in [0, 0.05) is 116 Å². The largest absolute Gasteiger partial charge is 0.377 e. The monoisotopic (exact) mass is 1140 g/mol. The molecule has 418 valence electrons. The van der Waals surface area contributed by atoms with E-state index in [4.69, 9.17) is 74.8 Å². The summed E-state index contributed by atoms with van der Waals surface area (Å²) in [5.74, 6) is -0.266. The maximum Gasteiger partial charge on any atom is 0.254 e. The summed E-state index contributed by atoms with van der Waals surface area (Å²) in [6, 6.07) is 20.2. The first-order chi connectivity index (χ1) is 37.3. The number of nitrogens with zero attached hydrogens (tertiary/aromatic N) is 4. The fourth-order valence-electron chi connectivity index (χ4n) is 9.91. The third-order valence-corrected chi connectivity index (χ3v) is 15.0. The molecule has 0 bridgehead atoms. The minimum absolute atomic E-state index is 0.00276. The Morgan fingerprint density at radius 3 is 1.62 bits per heavy atom. The summed E-state index contributed by atoms with van der Waals surface area (Å²) in [6.07, 6.45) is 0.976. The Morgan fingerprint density at radius 1 is 0.623 bits per heavy atom. The van der Waals surface area contributed by atoms with Crippen molar-refractivity contribution in [1.82, 2.24) is 30.2 Å². The number of hydrogen-bond donors (Lipinski definition) is 2. The molecule has 16 nitrogen and oxygen atoms in total. The standard InChI is InChI=1S/C57H72Cl4N6O10/c1-39-26-40(49-34-64(2)36-51-47(49)28-44(58)30-53(51)60)4-6-42(39)32-66(38-68)12-16-74-20-24-76-22-18-72-14-10-62-55(69)8-9-56(70)63-11-15-73-19-23-77-25-21-75-17-13-67-33-43-7-5-41(27-46(43)57(67)71)50-35-65(3)37-52-48(50)29-45(59)31-54(52)61/h4-7,26-31,38,49-50H,8-25,32-37H2,1-3H3,(H,62,69)(H,63,70). The first kappa shape index (κ1) is 60.2. The topological polar surface area (TPSA) is 161 Å². The molecule has 7 rings (SSSR count). The van der Waals surface area contributed by atoms with E-state index >= 15 is 0 Å². The Bertz CT molecular complexity index is 2630. The van der Waals surface area contributed by atoms with Gasteiger partial charge in [-0.2, -0.15) is 0 Å². The highest BCUT2D eigenvalue weighted by Crippen LogP contribution is 2.41. The van der Waals surface area contributed by atoms with Crippen molar-refractivity contribution in [3.63, 3.8) is 0 Å². The SMILES string of the molecule is Cc1cc(C2CN(C)Cc3c(Cl)cc(Cl)cc32)ccc1CN(C=O)CCOCCOCCOCCNC(=O)CCC(=O)NCCOCCOCCOCCN1Cc2ccc(C3CN(C)Cc4c(Cl)cc(Cl)cc43)cc2C1=O. The second-order valence-corrected chi connectivity index (χ2v) is 21.4. The Labute approximate surface area is 472 Å². The van der Waals surface area contributed by atoms with E-state index in [0.717, 1.165) is 82.7 Å². The van der Waals surface area contributed by atoms with Crippen LogP contribution in [0.3, 0.4) is 0 Å². The van der Waals surface area contributed by atoms with E-state index in [9.17, 15) is 19.2 Å². The molecule has 0 saturated heterocycles. The summed E-state index contributed by atoms with van der Waals surface area (Å²) < 4.78 is 33.7. The van der Waals surface area contributed by atoms with Crippen molar-refractivity contribution in [2.45, 2.75) is 57.8 Å². The summed E-state index contributed by atoms with van der Waals surface area (Å²) in [4.78, 5) is 57.7. The number of rotatable bonds is 32. The van der Waals surface area contributed by atoms with Crippen LogP contribution >= 0.6 is 46.4 Å². The smallest absolute Gasteiger partial charge is 0.254 e. The van der Waals surface area contributed by atoms with Crippen molar-refractivity contribution < 1.29 is 47.6 Å². The number of amides is 4. The molecule has 4 aromatic carbocycles. The molecule has 3 aliphatic heterocycles. The van der Waals surface area contributed by atoms with Crippen LogP contribution in [0.25, 0.3) is 0 Å². The lowest BCUT2D eigenvalue weighted by molar-refractivity contribution is -0.126. The Kier molecular flexibility index (Phi) is 24.1. The third-order valence-electron chi connectivity index (χ3n) is 13.9. The second-order valence-electron chi connectivity index (χ2n) is 19.7. The molecule has 4 aromatic rings. The van der Waals surface area contributed by atoms with Gasteiger partial charge in [-0.1, -0.05) is 76.7 Å². The zero-order valence-electron chi connectivity index (χ0n) is 44.4. The molecule has 0 aliphatic carbocycles. The number of hydrogen-bond acceptors (Lipinski definition) is 12. The van der Waals surface area contributed by atoms with Crippen LogP contribution in [0, 0.1) is 6.92 Å². The lowest BCUT2D eigenvalue weighted by Gasteiger charge is -2.33. The molecule has 2 unspecified atom stereocenters. The predicted octanol–water partition coefficient (Wildman–Crippen LogP) is 7.49. The quantitative estimate of drug-likeness (QED) is 0.0367. The third kappa shape index (κ3) is 18.1. The zero-order valence-corrected chi connectivity index (χ0v) is 47.4. The first-order valence-electron chi connectivity index (χ1n) is 26.3. The van der Waals surface area contributed by atoms with Crippen LogP contribution in [-0.4, -0.2) is 176 Å². The molecule has 4 amide bonds. The van der Waals surface area contributed by atoms with Gasteiger partial charge in [0.2, 0.25) is 18.2 Å². The van der Waals surface area contributed by atoms with Gasteiger partial charge in [0.15, 0.2) is 0 Å². The summed E-state index contributed by atoms with van der Waals surface area (Å²) in [7, 11) is 4.17. The van der Waals surface area contributed by atoms with Gasteiger partial charge in [0.1, 0.15) is 0 Å². The van der Waals surface area contributed by atoms with E-state index < -0.39 is 0 Å². The predicted molar refractivity (Wildman–Crippen MR) is 298 cm³/mol. The lowest BCUT2D eigenvalue weighted by Crippen LogP contribution is -2.31. The average Bonchev–Trinajstić information content (AvgIpc) is 3.74. The number of carbonyl (C=O) groups excluding carboxylic acids is 4. The van der Waals surface area contributed by atoms with Gasteiger partial charge in [0.25, 0.3) is 5.91 Å².